The quantitative estimate of drug-likeness (QED) is 0.406. The van der Waals surface area contributed by atoms with Gasteiger partial charge >= 0.3 is 5.97 Å². The van der Waals surface area contributed by atoms with E-state index in [4.69, 9.17) is 4.74 Å². The molecule has 1 N–H and O–H groups in total. The van der Waals surface area contributed by atoms with Crippen LogP contribution in [0, 0.1) is 11.8 Å². The summed E-state index contributed by atoms with van der Waals surface area (Å²) in [4.78, 5) is 57.5. The van der Waals surface area contributed by atoms with Crippen molar-refractivity contribution >= 4 is 35.1 Å². The average molecular weight is 510 g/mol. The molecule has 3 aromatic rings. The maximum atomic E-state index is 14.3. The number of hydrogen-bond acceptors (Lipinski definition) is 6. The molecule has 6 rings (SSSR count). The molecule has 0 radical (unpaired) electrons. The first kappa shape index (κ1) is 24.1. The van der Waals surface area contributed by atoms with Crippen molar-refractivity contribution in [2.75, 3.05) is 23.0 Å². The number of ether oxygens (including phenoxy) is 1. The summed E-state index contributed by atoms with van der Waals surface area (Å²) in [5.41, 5.74) is 1.11. The van der Waals surface area contributed by atoms with Crippen molar-refractivity contribution in [3.8, 4) is 0 Å². The Balaban J connectivity index is 1.49. The van der Waals surface area contributed by atoms with Crippen molar-refractivity contribution in [2.24, 2.45) is 11.8 Å². The van der Waals surface area contributed by atoms with E-state index < -0.39 is 41.2 Å². The van der Waals surface area contributed by atoms with Crippen LogP contribution in [-0.4, -0.2) is 42.9 Å². The van der Waals surface area contributed by atoms with Gasteiger partial charge in [-0.3, -0.25) is 29.4 Å². The lowest BCUT2D eigenvalue weighted by atomic mass is 9.76. The van der Waals surface area contributed by atoms with E-state index >= 15 is 0 Å². The van der Waals surface area contributed by atoms with Crippen molar-refractivity contribution in [1.82, 2.24) is 5.32 Å². The minimum Gasteiger partial charge on any atom is -0.465 e. The third-order valence-electron chi connectivity index (χ3n) is 7.77. The highest BCUT2D eigenvalue weighted by molar-refractivity contribution is 6.26. The molecule has 1 spiro atoms. The number of carbonyl (C=O) groups is 4. The summed E-state index contributed by atoms with van der Waals surface area (Å²) in [6.45, 7) is 1.62. The maximum Gasteiger partial charge on any atom is 0.326 e. The Kier molecular flexibility index (Phi) is 5.84. The third kappa shape index (κ3) is 3.48. The van der Waals surface area contributed by atoms with Crippen LogP contribution < -0.4 is 15.1 Å². The molecule has 3 amide bonds. The standard InChI is InChI=1S/C30H27N3O5/c1-2-38-24(34)18-32-23-16-10-9-15-21(23)30(29(32)37)26-25(22(31-30)17-19-11-5-3-6-12-19)27(35)33(28(26)36)20-13-7-4-8-14-20/h3-16,22,25-26,31H,2,17-18H2,1H3/t22-,25-,26+,30+/m1/s1. The molecule has 3 heterocycles. The third-order valence-corrected chi connectivity index (χ3v) is 7.77. The number of fused-ring (bicyclic) bond motifs is 4. The summed E-state index contributed by atoms with van der Waals surface area (Å²) in [5, 5.41) is 3.48. The Morgan fingerprint density at radius 1 is 0.895 bits per heavy atom. The number of rotatable bonds is 6. The molecule has 2 fully saturated rings. The molecule has 8 heteroatoms. The zero-order valence-corrected chi connectivity index (χ0v) is 20.9. The normalized spacial score (nSPS) is 25.7. The number of hydrogen-bond donors (Lipinski definition) is 1. The summed E-state index contributed by atoms with van der Waals surface area (Å²) < 4.78 is 5.14. The molecule has 192 valence electrons. The molecule has 0 saturated carbocycles. The van der Waals surface area contributed by atoms with Crippen LogP contribution in [0.15, 0.2) is 84.9 Å². The predicted octanol–water partition coefficient (Wildman–Crippen LogP) is 2.81. The monoisotopic (exact) mass is 509 g/mol. The summed E-state index contributed by atoms with van der Waals surface area (Å²) in [5.74, 6) is -3.44. The van der Waals surface area contributed by atoms with E-state index in [1.807, 2.05) is 36.4 Å². The second kappa shape index (κ2) is 9.22. The van der Waals surface area contributed by atoms with E-state index in [9.17, 15) is 19.2 Å². The fourth-order valence-electron chi connectivity index (χ4n) is 6.31. The number of esters is 1. The smallest absolute Gasteiger partial charge is 0.326 e. The predicted molar refractivity (Wildman–Crippen MR) is 140 cm³/mol. The summed E-state index contributed by atoms with van der Waals surface area (Å²) in [7, 11) is 0. The van der Waals surface area contributed by atoms with Crippen LogP contribution >= 0.6 is 0 Å². The lowest BCUT2D eigenvalue weighted by Gasteiger charge is -2.30. The van der Waals surface area contributed by atoms with Crippen LogP contribution in [0.3, 0.4) is 0 Å². The molecule has 38 heavy (non-hydrogen) atoms. The van der Waals surface area contributed by atoms with Crippen molar-refractivity contribution in [3.63, 3.8) is 0 Å². The highest BCUT2D eigenvalue weighted by Crippen LogP contribution is 2.55. The Bertz CT molecular complexity index is 1430. The number of carbonyl (C=O) groups excluding carboxylic acids is 4. The van der Waals surface area contributed by atoms with Gasteiger partial charge in [0, 0.05) is 17.3 Å². The minimum absolute atomic E-state index is 0.189. The fraction of sp³-hybridized carbons (Fsp3) is 0.267. The second-order valence-electron chi connectivity index (χ2n) is 9.81. The topological polar surface area (TPSA) is 96.0 Å². The first-order chi connectivity index (χ1) is 18.5. The molecule has 3 aliphatic rings. The molecular weight excluding hydrogens is 482 g/mol. The first-order valence-corrected chi connectivity index (χ1v) is 12.8. The van der Waals surface area contributed by atoms with Gasteiger partial charge in [-0.25, -0.2) is 4.90 Å². The molecule has 0 bridgehead atoms. The van der Waals surface area contributed by atoms with Gasteiger partial charge < -0.3 is 4.74 Å². The molecule has 0 aromatic heterocycles. The highest BCUT2D eigenvalue weighted by Gasteiger charge is 2.71. The minimum atomic E-state index is -1.48. The molecule has 4 atom stereocenters. The Morgan fingerprint density at radius 2 is 1.55 bits per heavy atom. The van der Waals surface area contributed by atoms with E-state index in [0.717, 1.165) is 5.56 Å². The van der Waals surface area contributed by atoms with Crippen molar-refractivity contribution in [1.29, 1.82) is 0 Å². The van der Waals surface area contributed by atoms with E-state index in [2.05, 4.69) is 5.32 Å². The Morgan fingerprint density at radius 3 is 2.26 bits per heavy atom. The van der Waals surface area contributed by atoms with Gasteiger partial charge in [-0.05, 0) is 37.1 Å². The highest BCUT2D eigenvalue weighted by atomic mass is 16.5. The van der Waals surface area contributed by atoms with Crippen LogP contribution in [0.25, 0.3) is 0 Å². The average Bonchev–Trinajstić information content (AvgIpc) is 3.49. The van der Waals surface area contributed by atoms with Gasteiger partial charge in [0.2, 0.25) is 11.8 Å². The second-order valence-corrected chi connectivity index (χ2v) is 9.81. The maximum absolute atomic E-state index is 14.3. The lowest BCUT2D eigenvalue weighted by molar-refractivity contribution is -0.142. The summed E-state index contributed by atoms with van der Waals surface area (Å²) >= 11 is 0. The van der Waals surface area contributed by atoms with Crippen LogP contribution in [0.1, 0.15) is 18.1 Å². The van der Waals surface area contributed by atoms with Gasteiger partial charge in [-0.1, -0.05) is 66.7 Å². The number of nitrogens with one attached hydrogen (secondary N) is 1. The Hall–Kier alpha value is -4.30. The van der Waals surface area contributed by atoms with Gasteiger partial charge in [0.25, 0.3) is 5.91 Å². The van der Waals surface area contributed by atoms with Gasteiger partial charge in [-0.2, -0.15) is 0 Å². The molecule has 0 unspecified atom stereocenters. The van der Waals surface area contributed by atoms with Gasteiger partial charge in [0.1, 0.15) is 12.1 Å². The summed E-state index contributed by atoms with van der Waals surface area (Å²) in [6.07, 6.45) is 0.457. The van der Waals surface area contributed by atoms with E-state index in [0.29, 0.717) is 23.4 Å². The lowest BCUT2D eigenvalue weighted by Crippen LogP contribution is -2.56. The molecule has 0 aliphatic carbocycles. The zero-order chi connectivity index (χ0) is 26.4. The first-order valence-electron chi connectivity index (χ1n) is 12.8. The molecule has 3 aromatic carbocycles. The van der Waals surface area contributed by atoms with Crippen molar-refractivity contribution in [3.05, 3.63) is 96.1 Å². The van der Waals surface area contributed by atoms with Crippen LogP contribution in [0.2, 0.25) is 0 Å². The van der Waals surface area contributed by atoms with Crippen molar-refractivity contribution in [2.45, 2.75) is 24.9 Å². The fourth-order valence-corrected chi connectivity index (χ4v) is 6.31. The van der Waals surface area contributed by atoms with E-state index in [1.54, 1.807) is 55.5 Å². The molecule has 2 saturated heterocycles. The van der Waals surface area contributed by atoms with Gasteiger partial charge in [0.15, 0.2) is 0 Å². The molecule has 8 nitrogen and oxygen atoms in total. The van der Waals surface area contributed by atoms with Gasteiger partial charge in [0.05, 0.1) is 24.1 Å². The number of benzene rings is 3. The number of para-hydroxylation sites is 2. The number of imide groups is 1. The van der Waals surface area contributed by atoms with E-state index in [1.165, 1.54) is 9.80 Å². The zero-order valence-electron chi connectivity index (χ0n) is 20.9. The van der Waals surface area contributed by atoms with Gasteiger partial charge in [-0.15, -0.1) is 0 Å². The van der Waals surface area contributed by atoms with Crippen molar-refractivity contribution < 1.29 is 23.9 Å². The van der Waals surface area contributed by atoms with Crippen LogP contribution in [0.4, 0.5) is 11.4 Å². The summed E-state index contributed by atoms with van der Waals surface area (Å²) in [6, 6.07) is 25.2. The van der Waals surface area contributed by atoms with Crippen LogP contribution in [-0.2, 0) is 35.9 Å². The number of amides is 3. The number of nitrogens with zero attached hydrogens (tertiary/aromatic N) is 2. The Labute approximate surface area is 220 Å². The van der Waals surface area contributed by atoms with Crippen LogP contribution in [0.5, 0.6) is 0 Å². The molecule has 3 aliphatic heterocycles. The number of anilines is 2. The largest absolute Gasteiger partial charge is 0.465 e. The van der Waals surface area contributed by atoms with E-state index in [-0.39, 0.29) is 19.1 Å². The SMILES string of the molecule is CCOC(=O)CN1C(=O)[C@]2(N[C@H](Cc3ccccc3)[C@H]3C(=O)N(c4ccccc4)C(=O)[C@H]32)c2ccccc21. The molecular formula is C30H27N3O5.